The second kappa shape index (κ2) is 3.48. The van der Waals surface area contributed by atoms with Crippen LogP contribution in [0.4, 0.5) is 5.69 Å². The minimum Gasteiger partial charge on any atom is -0.497 e. The van der Waals surface area contributed by atoms with Crippen LogP contribution in [0.5, 0.6) is 5.75 Å². The zero-order chi connectivity index (χ0) is 9.14. The molecule has 0 atom stereocenters. The maximum absolute atomic E-state index is 5.79. The maximum atomic E-state index is 5.79. The molecule has 0 saturated carbocycles. The first-order valence-corrected chi connectivity index (χ1v) is 4.08. The van der Waals surface area contributed by atoms with Crippen molar-refractivity contribution in [1.29, 1.82) is 0 Å². The monoisotopic (exact) mass is 165 g/mol. The van der Waals surface area contributed by atoms with E-state index in [9.17, 15) is 0 Å². The Bertz CT molecular complexity index is 269. The summed E-state index contributed by atoms with van der Waals surface area (Å²) in [5, 5.41) is 0. The van der Waals surface area contributed by atoms with Gasteiger partial charge >= 0.3 is 0 Å². The number of ether oxygens (including phenoxy) is 1. The van der Waals surface area contributed by atoms with Gasteiger partial charge in [-0.05, 0) is 29.7 Å². The smallest absolute Gasteiger partial charge is 0.119 e. The van der Waals surface area contributed by atoms with Crippen LogP contribution in [0, 0.1) is 0 Å². The van der Waals surface area contributed by atoms with E-state index in [1.807, 2.05) is 18.2 Å². The van der Waals surface area contributed by atoms with Crippen LogP contribution in [0.3, 0.4) is 0 Å². The van der Waals surface area contributed by atoms with Crippen LogP contribution in [0.25, 0.3) is 0 Å². The molecule has 0 fully saturated rings. The first kappa shape index (κ1) is 8.91. The lowest BCUT2D eigenvalue weighted by atomic mass is 10.0. The van der Waals surface area contributed by atoms with Crippen LogP contribution in [0.1, 0.15) is 25.3 Å². The number of anilines is 1. The second-order valence-corrected chi connectivity index (χ2v) is 3.15. The van der Waals surface area contributed by atoms with E-state index in [1.54, 1.807) is 7.11 Å². The average Bonchev–Trinajstić information content (AvgIpc) is 2.05. The van der Waals surface area contributed by atoms with Gasteiger partial charge in [-0.3, -0.25) is 0 Å². The first-order valence-electron chi connectivity index (χ1n) is 4.08. The number of nitrogen functional groups attached to an aromatic ring is 1. The summed E-state index contributed by atoms with van der Waals surface area (Å²) in [4.78, 5) is 0. The van der Waals surface area contributed by atoms with Crippen molar-refractivity contribution >= 4 is 5.69 Å². The number of nitrogens with two attached hydrogens (primary N) is 1. The van der Waals surface area contributed by atoms with Gasteiger partial charge in [0.1, 0.15) is 5.75 Å². The highest BCUT2D eigenvalue weighted by Crippen LogP contribution is 2.25. The molecule has 0 aromatic heterocycles. The fourth-order valence-corrected chi connectivity index (χ4v) is 1.18. The van der Waals surface area contributed by atoms with E-state index in [0.29, 0.717) is 5.92 Å². The molecule has 1 aromatic carbocycles. The Kier molecular flexibility index (Phi) is 2.58. The Morgan fingerprint density at radius 1 is 1.33 bits per heavy atom. The van der Waals surface area contributed by atoms with Crippen molar-refractivity contribution in [3.8, 4) is 5.75 Å². The van der Waals surface area contributed by atoms with E-state index in [4.69, 9.17) is 10.5 Å². The topological polar surface area (TPSA) is 35.2 Å². The second-order valence-electron chi connectivity index (χ2n) is 3.15. The summed E-state index contributed by atoms with van der Waals surface area (Å²) in [5.74, 6) is 1.31. The minimum atomic E-state index is 0.445. The molecule has 0 radical (unpaired) electrons. The zero-order valence-electron chi connectivity index (χ0n) is 7.79. The van der Waals surface area contributed by atoms with E-state index >= 15 is 0 Å². The van der Waals surface area contributed by atoms with Crippen molar-refractivity contribution in [3.05, 3.63) is 23.8 Å². The lowest BCUT2D eigenvalue weighted by molar-refractivity contribution is 0.414. The van der Waals surface area contributed by atoms with Gasteiger partial charge < -0.3 is 10.5 Å². The predicted molar refractivity (Wildman–Crippen MR) is 51.5 cm³/mol. The molecule has 0 spiro atoms. The molecular formula is C10H15NO. The first-order chi connectivity index (χ1) is 5.65. The van der Waals surface area contributed by atoms with Crippen LogP contribution in [-0.2, 0) is 0 Å². The normalized spacial score (nSPS) is 10.3. The highest BCUT2D eigenvalue weighted by molar-refractivity contribution is 5.51. The number of hydrogen-bond acceptors (Lipinski definition) is 2. The predicted octanol–water partition coefficient (Wildman–Crippen LogP) is 2.40. The van der Waals surface area contributed by atoms with Gasteiger partial charge in [0, 0.05) is 5.69 Å². The molecule has 0 bridgehead atoms. The summed E-state index contributed by atoms with van der Waals surface area (Å²) in [7, 11) is 1.66. The van der Waals surface area contributed by atoms with Crippen molar-refractivity contribution < 1.29 is 4.74 Å². The molecule has 0 unspecified atom stereocenters. The van der Waals surface area contributed by atoms with Gasteiger partial charge in [0.25, 0.3) is 0 Å². The van der Waals surface area contributed by atoms with Crippen LogP contribution in [0.2, 0.25) is 0 Å². The van der Waals surface area contributed by atoms with Crippen LogP contribution in [-0.4, -0.2) is 7.11 Å². The number of rotatable bonds is 2. The Morgan fingerprint density at radius 3 is 2.50 bits per heavy atom. The third kappa shape index (κ3) is 1.70. The van der Waals surface area contributed by atoms with Gasteiger partial charge in [0.2, 0.25) is 0 Å². The molecule has 12 heavy (non-hydrogen) atoms. The van der Waals surface area contributed by atoms with E-state index < -0.39 is 0 Å². The van der Waals surface area contributed by atoms with Crippen LogP contribution < -0.4 is 10.5 Å². The molecule has 0 aliphatic heterocycles. The largest absolute Gasteiger partial charge is 0.497 e. The molecule has 2 N–H and O–H groups in total. The van der Waals surface area contributed by atoms with Crippen molar-refractivity contribution in [2.24, 2.45) is 0 Å². The zero-order valence-corrected chi connectivity index (χ0v) is 7.79. The molecule has 2 nitrogen and oxygen atoms in total. The summed E-state index contributed by atoms with van der Waals surface area (Å²) in [6.45, 7) is 4.23. The highest BCUT2D eigenvalue weighted by atomic mass is 16.5. The van der Waals surface area contributed by atoms with Crippen LogP contribution in [0.15, 0.2) is 18.2 Å². The molecule has 0 amide bonds. The molecule has 1 rings (SSSR count). The Balaban J connectivity index is 3.08. The highest BCUT2D eigenvalue weighted by Gasteiger charge is 2.04. The number of methoxy groups -OCH3 is 1. The van der Waals surface area contributed by atoms with E-state index in [2.05, 4.69) is 13.8 Å². The maximum Gasteiger partial charge on any atom is 0.119 e. The van der Waals surface area contributed by atoms with Crippen molar-refractivity contribution in [2.45, 2.75) is 19.8 Å². The van der Waals surface area contributed by atoms with Gasteiger partial charge in [-0.1, -0.05) is 13.8 Å². The molecular weight excluding hydrogens is 150 g/mol. The minimum absolute atomic E-state index is 0.445. The number of benzene rings is 1. The SMILES string of the molecule is COc1ccc(N)c(C(C)C)c1. The summed E-state index contributed by atoms with van der Waals surface area (Å²) in [5.41, 5.74) is 7.78. The summed E-state index contributed by atoms with van der Waals surface area (Å²) >= 11 is 0. The van der Waals surface area contributed by atoms with Crippen molar-refractivity contribution in [2.75, 3.05) is 12.8 Å². The third-order valence-electron chi connectivity index (χ3n) is 1.92. The van der Waals surface area contributed by atoms with Crippen molar-refractivity contribution in [3.63, 3.8) is 0 Å². The summed E-state index contributed by atoms with van der Waals surface area (Å²) < 4.78 is 5.10. The molecule has 1 aromatic rings. The summed E-state index contributed by atoms with van der Waals surface area (Å²) in [6, 6.07) is 5.75. The van der Waals surface area contributed by atoms with Gasteiger partial charge in [-0.15, -0.1) is 0 Å². The van der Waals surface area contributed by atoms with Gasteiger partial charge in [-0.25, -0.2) is 0 Å². The summed E-state index contributed by atoms with van der Waals surface area (Å²) in [6.07, 6.45) is 0. The van der Waals surface area contributed by atoms with E-state index in [0.717, 1.165) is 17.0 Å². The molecule has 0 aliphatic rings. The van der Waals surface area contributed by atoms with Crippen LogP contribution >= 0.6 is 0 Å². The Labute approximate surface area is 73.3 Å². The molecule has 2 heteroatoms. The third-order valence-corrected chi connectivity index (χ3v) is 1.92. The Hall–Kier alpha value is -1.18. The average molecular weight is 165 g/mol. The van der Waals surface area contributed by atoms with E-state index in [-0.39, 0.29) is 0 Å². The quantitative estimate of drug-likeness (QED) is 0.683. The molecule has 66 valence electrons. The fourth-order valence-electron chi connectivity index (χ4n) is 1.18. The molecule has 0 aliphatic carbocycles. The van der Waals surface area contributed by atoms with Crippen molar-refractivity contribution in [1.82, 2.24) is 0 Å². The Morgan fingerprint density at radius 2 is 2.00 bits per heavy atom. The standard InChI is InChI=1S/C10H15NO/c1-7(2)9-6-8(12-3)4-5-10(9)11/h4-7H,11H2,1-3H3. The molecule has 0 saturated heterocycles. The molecule has 0 heterocycles. The number of hydrogen-bond donors (Lipinski definition) is 1. The lowest BCUT2D eigenvalue weighted by Crippen LogP contribution is -1.96. The van der Waals surface area contributed by atoms with Gasteiger partial charge in [-0.2, -0.15) is 0 Å². The fraction of sp³-hybridized carbons (Fsp3) is 0.400. The van der Waals surface area contributed by atoms with E-state index in [1.165, 1.54) is 0 Å². The van der Waals surface area contributed by atoms with Gasteiger partial charge in [0.05, 0.1) is 7.11 Å². The lowest BCUT2D eigenvalue weighted by Gasteiger charge is -2.10. The van der Waals surface area contributed by atoms with Gasteiger partial charge in [0.15, 0.2) is 0 Å².